The molecule has 0 fully saturated rings. The van der Waals surface area contributed by atoms with E-state index in [0.717, 1.165) is 17.5 Å². The van der Waals surface area contributed by atoms with Crippen molar-refractivity contribution in [2.45, 2.75) is 44.3 Å². The van der Waals surface area contributed by atoms with E-state index in [2.05, 4.69) is 34.3 Å². The van der Waals surface area contributed by atoms with Crippen LogP contribution in [0, 0.1) is 0 Å². The van der Waals surface area contributed by atoms with Gasteiger partial charge in [-0.15, -0.1) is 0 Å². The molecule has 1 aromatic rings. The number of unbranched alkanes of at least 4 members (excludes halogenated alkanes) is 1. The molecule has 0 saturated carbocycles. The van der Waals surface area contributed by atoms with E-state index in [0.29, 0.717) is 6.04 Å². The molecule has 86 valence electrons. The Bertz CT molecular complexity index is 238. The molecule has 15 heavy (non-hydrogen) atoms. The monoisotopic (exact) mass is 228 g/mol. The van der Waals surface area contributed by atoms with E-state index < -0.39 is 0 Å². The molecule has 0 spiro atoms. The number of aromatic nitrogens is 3. The summed E-state index contributed by atoms with van der Waals surface area (Å²) in [7, 11) is 0. The number of hydrogen-bond donors (Lipinski definition) is 2. The van der Waals surface area contributed by atoms with Crippen molar-refractivity contribution in [1.82, 2.24) is 20.5 Å². The van der Waals surface area contributed by atoms with Gasteiger partial charge in [-0.3, -0.25) is 5.10 Å². The van der Waals surface area contributed by atoms with Crippen LogP contribution in [0.4, 0.5) is 0 Å². The molecule has 1 aromatic heterocycles. The highest BCUT2D eigenvalue weighted by Crippen LogP contribution is 2.13. The molecular formula is C10H20N4S. The van der Waals surface area contributed by atoms with Crippen LogP contribution in [-0.4, -0.2) is 33.5 Å². The summed E-state index contributed by atoms with van der Waals surface area (Å²) >= 11 is 1.74. The third kappa shape index (κ3) is 5.79. The molecule has 1 rings (SSSR count). The Hall–Kier alpha value is -0.550. The van der Waals surface area contributed by atoms with Crippen molar-refractivity contribution in [3.8, 4) is 0 Å². The summed E-state index contributed by atoms with van der Waals surface area (Å²) in [6, 6.07) is 0.644. The van der Waals surface area contributed by atoms with Gasteiger partial charge in [-0.1, -0.05) is 25.1 Å². The van der Waals surface area contributed by atoms with Gasteiger partial charge in [0.2, 0.25) is 0 Å². The zero-order chi connectivity index (χ0) is 10.9. The minimum absolute atomic E-state index is 0.644. The van der Waals surface area contributed by atoms with Crippen LogP contribution in [0.1, 0.15) is 33.1 Å². The lowest BCUT2D eigenvalue weighted by atomic mass is 10.1. The van der Waals surface area contributed by atoms with Gasteiger partial charge >= 0.3 is 0 Å². The molecule has 5 heteroatoms. The van der Waals surface area contributed by atoms with Crippen molar-refractivity contribution in [3.05, 3.63) is 6.33 Å². The largest absolute Gasteiger partial charge is 0.315 e. The number of H-pyrrole nitrogens is 1. The summed E-state index contributed by atoms with van der Waals surface area (Å²) in [6.45, 7) is 5.46. The average Bonchev–Trinajstić information content (AvgIpc) is 2.70. The van der Waals surface area contributed by atoms with Gasteiger partial charge in [0, 0.05) is 11.8 Å². The lowest BCUT2D eigenvalue weighted by Crippen LogP contribution is -2.25. The van der Waals surface area contributed by atoms with Gasteiger partial charge in [0.1, 0.15) is 6.33 Å². The van der Waals surface area contributed by atoms with E-state index in [1.807, 2.05) is 0 Å². The summed E-state index contributed by atoms with van der Waals surface area (Å²) in [5, 5.41) is 11.0. The molecule has 0 aromatic carbocycles. The van der Waals surface area contributed by atoms with Crippen molar-refractivity contribution < 1.29 is 0 Å². The first kappa shape index (κ1) is 12.5. The molecule has 0 saturated heterocycles. The minimum Gasteiger partial charge on any atom is -0.315 e. The van der Waals surface area contributed by atoms with Crippen molar-refractivity contribution in [2.75, 3.05) is 12.3 Å². The predicted octanol–water partition coefficient (Wildman–Crippen LogP) is 2.07. The summed E-state index contributed by atoms with van der Waals surface area (Å²) in [5.74, 6) is 1.12. The van der Waals surface area contributed by atoms with Crippen LogP contribution in [0.2, 0.25) is 0 Å². The second-order valence-corrected chi connectivity index (χ2v) is 4.68. The van der Waals surface area contributed by atoms with Gasteiger partial charge in [-0.05, 0) is 26.3 Å². The fourth-order valence-corrected chi connectivity index (χ4v) is 2.22. The molecule has 0 radical (unpaired) electrons. The number of thioether (sulfide) groups is 1. The van der Waals surface area contributed by atoms with E-state index in [-0.39, 0.29) is 0 Å². The van der Waals surface area contributed by atoms with Crippen molar-refractivity contribution in [2.24, 2.45) is 0 Å². The third-order valence-corrected chi connectivity index (χ3v) is 3.18. The second-order valence-electron chi connectivity index (χ2n) is 3.59. The Morgan fingerprint density at radius 3 is 3.07 bits per heavy atom. The Balaban J connectivity index is 1.93. The maximum atomic E-state index is 4.06. The van der Waals surface area contributed by atoms with Gasteiger partial charge in [0.15, 0.2) is 5.16 Å². The van der Waals surface area contributed by atoms with Gasteiger partial charge in [0.25, 0.3) is 0 Å². The van der Waals surface area contributed by atoms with E-state index in [1.54, 1.807) is 18.1 Å². The van der Waals surface area contributed by atoms with E-state index in [1.165, 1.54) is 19.3 Å². The lowest BCUT2D eigenvalue weighted by molar-refractivity contribution is 0.510. The normalized spacial score (nSPS) is 12.9. The zero-order valence-corrected chi connectivity index (χ0v) is 10.3. The predicted molar refractivity (Wildman–Crippen MR) is 64.1 cm³/mol. The van der Waals surface area contributed by atoms with Gasteiger partial charge < -0.3 is 5.32 Å². The smallest absolute Gasteiger partial charge is 0.183 e. The fraction of sp³-hybridized carbons (Fsp3) is 0.800. The molecule has 1 atom stereocenters. The molecule has 0 bridgehead atoms. The zero-order valence-electron chi connectivity index (χ0n) is 9.49. The molecular weight excluding hydrogens is 208 g/mol. The Kier molecular flexibility index (Phi) is 6.43. The number of aromatic amines is 1. The highest BCUT2D eigenvalue weighted by Gasteiger charge is 2.00. The highest BCUT2D eigenvalue weighted by atomic mass is 32.2. The van der Waals surface area contributed by atoms with Gasteiger partial charge in [-0.2, -0.15) is 5.10 Å². The van der Waals surface area contributed by atoms with Crippen LogP contribution < -0.4 is 5.32 Å². The summed E-state index contributed by atoms with van der Waals surface area (Å²) < 4.78 is 0. The molecule has 0 amide bonds. The fourth-order valence-electron chi connectivity index (χ4n) is 1.44. The number of nitrogens with one attached hydrogen (secondary N) is 2. The van der Waals surface area contributed by atoms with Crippen LogP contribution >= 0.6 is 11.8 Å². The van der Waals surface area contributed by atoms with Crippen molar-refractivity contribution >= 4 is 11.8 Å². The lowest BCUT2D eigenvalue weighted by Gasteiger charge is -2.10. The standard InChI is InChI=1S/C10H20N4S/c1-3-11-9(2)6-4-5-7-15-10-12-8-13-14-10/h8-9,11H,3-7H2,1-2H3,(H,12,13,14). The first-order valence-corrected chi connectivity index (χ1v) is 6.53. The SMILES string of the molecule is CCNC(C)CCCCSc1ncn[nH]1. The van der Waals surface area contributed by atoms with E-state index >= 15 is 0 Å². The topological polar surface area (TPSA) is 53.6 Å². The van der Waals surface area contributed by atoms with E-state index in [9.17, 15) is 0 Å². The second kappa shape index (κ2) is 7.70. The first-order valence-electron chi connectivity index (χ1n) is 5.54. The molecule has 0 aliphatic heterocycles. The van der Waals surface area contributed by atoms with Crippen LogP contribution in [0.25, 0.3) is 0 Å². The summed E-state index contributed by atoms with van der Waals surface area (Å²) in [5.41, 5.74) is 0. The van der Waals surface area contributed by atoms with Gasteiger partial charge in [0.05, 0.1) is 0 Å². The van der Waals surface area contributed by atoms with Crippen molar-refractivity contribution in [3.63, 3.8) is 0 Å². The van der Waals surface area contributed by atoms with Gasteiger partial charge in [-0.25, -0.2) is 4.98 Å². The molecule has 1 heterocycles. The van der Waals surface area contributed by atoms with Crippen molar-refractivity contribution in [1.29, 1.82) is 0 Å². The number of hydrogen-bond acceptors (Lipinski definition) is 4. The summed E-state index contributed by atoms with van der Waals surface area (Å²) in [6.07, 6.45) is 5.32. The molecule has 4 nitrogen and oxygen atoms in total. The quantitative estimate of drug-likeness (QED) is 0.528. The summed E-state index contributed by atoms with van der Waals surface area (Å²) in [4.78, 5) is 4.06. The van der Waals surface area contributed by atoms with Crippen LogP contribution in [0.15, 0.2) is 11.5 Å². The van der Waals surface area contributed by atoms with Crippen LogP contribution in [0.3, 0.4) is 0 Å². The van der Waals surface area contributed by atoms with Crippen LogP contribution in [-0.2, 0) is 0 Å². The number of rotatable bonds is 8. The average molecular weight is 228 g/mol. The highest BCUT2D eigenvalue weighted by molar-refractivity contribution is 7.99. The Morgan fingerprint density at radius 2 is 2.40 bits per heavy atom. The maximum Gasteiger partial charge on any atom is 0.183 e. The molecule has 0 aliphatic carbocycles. The first-order chi connectivity index (χ1) is 7.33. The Morgan fingerprint density at radius 1 is 1.53 bits per heavy atom. The Labute approximate surface area is 95.6 Å². The third-order valence-electron chi connectivity index (χ3n) is 2.22. The molecule has 0 aliphatic rings. The van der Waals surface area contributed by atoms with Crippen LogP contribution in [0.5, 0.6) is 0 Å². The maximum absolute atomic E-state index is 4.06. The number of nitrogens with zero attached hydrogens (tertiary/aromatic N) is 2. The molecule has 1 unspecified atom stereocenters. The molecule has 2 N–H and O–H groups in total. The minimum atomic E-state index is 0.644. The van der Waals surface area contributed by atoms with E-state index in [4.69, 9.17) is 0 Å².